The van der Waals surface area contributed by atoms with Crippen LogP contribution in [0.5, 0.6) is 5.75 Å². The first-order chi connectivity index (χ1) is 12.2. The monoisotopic (exact) mass is 359 g/mol. The largest absolute Gasteiger partial charge is 0.495 e. The molecule has 6 nitrogen and oxygen atoms in total. The third-order valence-electron chi connectivity index (χ3n) is 4.10. The van der Waals surface area contributed by atoms with Crippen molar-refractivity contribution in [3.05, 3.63) is 41.1 Å². The molecule has 25 heavy (non-hydrogen) atoms. The molecule has 0 unspecified atom stereocenters. The van der Waals surface area contributed by atoms with Crippen molar-refractivity contribution in [2.45, 2.75) is 32.1 Å². The summed E-state index contributed by atoms with van der Waals surface area (Å²) >= 11 is 6.04. The number of benzene rings is 1. The molecular formula is C18H22ClN5O. The number of nitrogens with one attached hydrogen (secondary N) is 2. The standard InChI is InChI=1S/C18H22ClN5O/c1-25-16-8-7-14(19)11-15(16)22-18-23-17(12-21-24-18)20-10-9-13-5-3-2-4-6-13/h5,7-8,11-12H,2-4,6,9-10H2,1H3,(H2,20,22,23,24). The molecule has 0 saturated carbocycles. The Hall–Kier alpha value is -2.34. The zero-order valence-electron chi connectivity index (χ0n) is 14.3. The van der Waals surface area contributed by atoms with E-state index >= 15 is 0 Å². The van der Waals surface area contributed by atoms with Gasteiger partial charge < -0.3 is 15.4 Å². The van der Waals surface area contributed by atoms with Crippen molar-refractivity contribution < 1.29 is 4.74 Å². The van der Waals surface area contributed by atoms with E-state index in [1.165, 1.54) is 31.3 Å². The van der Waals surface area contributed by atoms with Gasteiger partial charge in [0.25, 0.3) is 0 Å². The number of methoxy groups -OCH3 is 1. The molecule has 3 rings (SSSR count). The molecule has 1 aromatic heterocycles. The van der Waals surface area contributed by atoms with Crippen LogP contribution in [-0.2, 0) is 0 Å². The molecule has 0 atom stereocenters. The molecule has 0 spiro atoms. The predicted molar refractivity (Wildman–Crippen MR) is 101 cm³/mol. The first-order valence-electron chi connectivity index (χ1n) is 8.46. The fourth-order valence-corrected chi connectivity index (χ4v) is 2.99. The average molecular weight is 360 g/mol. The van der Waals surface area contributed by atoms with Gasteiger partial charge in [-0.2, -0.15) is 10.1 Å². The van der Waals surface area contributed by atoms with E-state index in [0.717, 1.165) is 13.0 Å². The molecule has 2 aromatic rings. The second-order valence-corrected chi connectivity index (χ2v) is 6.36. The van der Waals surface area contributed by atoms with Crippen molar-refractivity contribution in [2.24, 2.45) is 0 Å². The van der Waals surface area contributed by atoms with Crippen molar-refractivity contribution in [3.63, 3.8) is 0 Å². The van der Waals surface area contributed by atoms with Gasteiger partial charge in [-0.05, 0) is 50.3 Å². The fraction of sp³-hybridized carbons (Fsp3) is 0.389. The van der Waals surface area contributed by atoms with Crippen molar-refractivity contribution in [1.82, 2.24) is 15.2 Å². The molecule has 1 aliphatic rings. The Bertz CT molecular complexity index is 750. The Morgan fingerprint density at radius 2 is 2.20 bits per heavy atom. The summed E-state index contributed by atoms with van der Waals surface area (Å²) in [5, 5.41) is 15.0. The normalized spacial score (nSPS) is 13.9. The van der Waals surface area contributed by atoms with Gasteiger partial charge in [0, 0.05) is 11.6 Å². The number of anilines is 3. The van der Waals surface area contributed by atoms with Crippen LogP contribution in [0.4, 0.5) is 17.5 Å². The summed E-state index contributed by atoms with van der Waals surface area (Å²) in [7, 11) is 1.60. The minimum atomic E-state index is 0.391. The average Bonchev–Trinajstić information content (AvgIpc) is 2.63. The topological polar surface area (TPSA) is 72.0 Å². The number of rotatable bonds is 7. The van der Waals surface area contributed by atoms with E-state index < -0.39 is 0 Å². The van der Waals surface area contributed by atoms with Crippen LogP contribution in [0.1, 0.15) is 32.1 Å². The van der Waals surface area contributed by atoms with Crippen LogP contribution >= 0.6 is 11.6 Å². The third-order valence-corrected chi connectivity index (χ3v) is 4.34. The highest BCUT2D eigenvalue weighted by Crippen LogP contribution is 2.29. The maximum absolute atomic E-state index is 6.04. The molecule has 0 saturated heterocycles. The van der Waals surface area contributed by atoms with Crippen LogP contribution in [-0.4, -0.2) is 28.8 Å². The highest BCUT2D eigenvalue weighted by atomic mass is 35.5. The second-order valence-electron chi connectivity index (χ2n) is 5.92. The number of halogens is 1. The van der Waals surface area contributed by atoms with Gasteiger partial charge in [0.1, 0.15) is 5.75 Å². The van der Waals surface area contributed by atoms with Crippen LogP contribution in [0.25, 0.3) is 0 Å². The SMILES string of the molecule is COc1ccc(Cl)cc1Nc1nncc(NCCC2=CCCCC2)n1. The summed E-state index contributed by atoms with van der Waals surface area (Å²) in [5.74, 6) is 1.74. The van der Waals surface area contributed by atoms with Gasteiger partial charge in [-0.25, -0.2) is 0 Å². The predicted octanol–water partition coefficient (Wildman–Crippen LogP) is 4.58. The van der Waals surface area contributed by atoms with E-state index in [-0.39, 0.29) is 0 Å². The molecule has 2 N–H and O–H groups in total. The lowest BCUT2D eigenvalue weighted by Gasteiger charge is -2.13. The minimum absolute atomic E-state index is 0.391. The summed E-state index contributed by atoms with van der Waals surface area (Å²) in [6.45, 7) is 0.838. The van der Waals surface area contributed by atoms with Crippen LogP contribution in [0, 0.1) is 0 Å². The van der Waals surface area contributed by atoms with Gasteiger partial charge in [0.15, 0.2) is 5.82 Å². The van der Waals surface area contributed by atoms with E-state index in [9.17, 15) is 0 Å². The molecule has 7 heteroatoms. The van der Waals surface area contributed by atoms with Crippen molar-refractivity contribution in [3.8, 4) is 5.75 Å². The molecule has 0 fully saturated rings. The fourth-order valence-electron chi connectivity index (χ4n) is 2.82. The quantitative estimate of drug-likeness (QED) is 0.705. The van der Waals surface area contributed by atoms with E-state index in [1.54, 1.807) is 31.5 Å². The first kappa shape index (κ1) is 17.5. The van der Waals surface area contributed by atoms with E-state index in [2.05, 4.69) is 31.9 Å². The molecule has 1 aromatic carbocycles. The van der Waals surface area contributed by atoms with Gasteiger partial charge in [-0.15, -0.1) is 5.10 Å². The van der Waals surface area contributed by atoms with Gasteiger partial charge >= 0.3 is 0 Å². The molecule has 0 bridgehead atoms. The van der Waals surface area contributed by atoms with Gasteiger partial charge in [-0.1, -0.05) is 23.3 Å². The number of hydrogen-bond donors (Lipinski definition) is 2. The minimum Gasteiger partial charge on any atom is -0.495 e. The number of aromatic nitrogens is 3. The number of allylic oxidation sites excluding steroid dienone is 1. The van der Waals surface area contributed by atoms with E-state index in [0.29, 0.717) is 28.2 Å². The third kappa shape index (κ3) is 5.06. The first-order valence-corrected chi connectivity index (χ1v) is 8.84. The molecule has 0 amide bonds. The number of ether oxygens (including phenoxy) is 1. The van der Waals surface area contributed by atoms with E-state index in [1.807, 2.05) is 0 Å². The van der Waals surface area contributed by atoms with E-state index in [4.69, 9.17) is 16.3 Å². The van der Waals surface area contributed by atoms with Gasteiger partial charge in [0.2, 0.25) is 5.95 Å². The summed E-state index contributed by atoms with van der Waals surface area (Å²) in [6.07, 6.45) is 10.1. The summed E-state index contributed by atoms with van der Waals surface area (Å²) in [4.78, 5) is 4.44. The highest BCUT2D eigenvalue weighted by molar-refractivity contribution is 6.30. The number of nitrogens with zero attached hydrogens (tertiary/aromatic N) is 3. The van der Waals surface area contributed by atoms with Crippen molar-refractivity contribution in [2.75, 3.05) is 24.3 Å². The van der Waals surface area contributed by atoms with Crippen LogP contribution in [0.15, 0.2) is 36.0 Å². The van der Waals surface area contributed by atoms with Crippen LogP contribution in [0.2, 0.25) is 5.02 Å². The van der Waals surface area contributed by atoms with Crippen LogP contribution in [0.3, 0.4) is 0 Å². The molecule has 0 radical (unpaired) electrons. The zero-order chi connectivity index (χ0) is 17.5. The zero-order valence-corrected chi connectivity index (χ0v) is 15.0. The maximum atomic E-state index is 6.04. The van der Waals surface area contributed by atoms with Crippen LogP contribution < -0.4 is 15.4 Å². The maximum Gasteiger partial charge on any atom is 0.249 e. The van der Waals surface area contributed by atoms with Crippen molar-refractivity contribution >= 4 is 29.1 Å². The Balaban J connectivity index is 1.61. The second kappa shape index (κ2) is 8.67. The Morgan fingerprint density at radius 1 is 1.28 bits per heavy atom. The smallest absolute Gasteiger partial charge is 0.249 e. The molecule has 0 aliphatic heterocycles. The molecular weight excluding hydrogens is 338 g/mol. The lowest BCUT2D eigenvalue weighted by Crippen LogP contribution is -2.08. The molecule has 1 aliphatic carbocycles. The molecule has 1 heterocycles. The summed E-state index contributed by atoms with van der Waals surface area (Å²) < 4.78 is 5.32. The lowest BCUT2D eigenvalue weighted by molar-refractivity contribution is 0.417. The molecule has 132 valence electrons. The van der Waals surface area contributed by atoms with Gasteiger partial charge in [0.05, 0.1) is 19.0 Å². The summed E-state index contributed by atoms with van der Waals surface area (Å²) in [5.41, 5.74) is 2.23. The number of hydrogen-bond acceptors (Lipinski definition) is 6. The lowest BCUT2D eigenvalue weighted by atomic mass is 9.97. The Morgan fingerprint density at radius 3 is 3.00 bits per heavy atom. The van der Waals surface area contributed by atoms with Crippen molar-refractivity contribution in [1.29, 1.82) is 0 Å². The van der Waals surface area contributed by atoms with Gasteiger partial charge in [-0.3, -0.25) is 0 Å². The Labute approximate surface area is 152 Å². The highest BCUT2D eigenvalue weighted by Gasteiger charge is 2.08. The Kier molecular flexibility index (Phi) is 6.06. The summed E-state index contributed by atoms with van der Waals surface area (Å²) in [6, 6.07) is 5.32.